The summed E-state index contributed by atoms with van der Waals surface area (Å²) in [6.45, 7) is 5.00. The van der Waals surface area contributed by atoms with E-state index in [0.29, 0.717) is 13.2 Å². The topological polar surface area (TPSA) is 51.7 Å². The molecule has 1 aromatic heterocycles. The van der Waals surface area contributed by atoms with Crippen LogP contribution in [-0.4, -0.2) is 58.7 Å². The fourth-order valence-electron chi connectivity index (χ4n) is 2.93. The molecule has 2 saturated heterocycles. The number of carbonyl (C=O) groups excluding carboxylic acids is 1. The van der Waals surface area contributed by atoms with Crippen molar-refractivity contribution in [1.29, 1.82) is 0 Å². The molecule has 3 rings (SSSR count). The number of ether oxygens (including phenoxy) is 2. The Balaban J connectivity index is 1.41. The van der Waals surface area contributed by atoms with Crippen LogP contribution in [0, 0.1) is 0 Å². The van der Waals surface area contributed by atoms with Gasteiger partial charge >= 0.3 is 0 Å². The standard InChI is InChI=1S/C16H22N2O3S/c1-2-20-9-15(19)18-11-16(12-18)7-14(10-22-16)21-8-13-3-5-17-6-4-13/h3-6,14H,2,7-12H2,1H3. The molecule has 0 aliphatic carbocycles. The third kappa shape index (κ3) is 3.62. The quantitative estimate of drug-likeness (QED) is 0.798. The predicted molar refractivity (Wildman–Crippen MR) is 85.7 cm³/mol. The molecule has 5 nitrogen and oxygen atoms in total. The minimum atomic E-state index is 0.106. The van der Waals surface area contributed by atoms with Gasteiger partial charge in [-0.15, -0.1) is 11.8 Å². The number of thioether (sulfide) groups is 1. The molecule has 1 spiro atoms. The van der Waals surface area contributed by atoms with Crippen molar-refractivity contribution >= 4 is 17.7 Å². The molecule has 1 aromatic rings. The van der Waals surface area contributed by atoms with Crippen molar-refractivity contribution in [3.8, 4) is 0 Å². The molecule has 1 atom stereocenters. The van der Waals surface area contributed by atoms with E-state index < -0.39 is 0 Å². The maximum absolute atomic E-state index is 11.9. The minimum Gasteiger partial charge on any atom is -0.373 e. The van der Waals surface area contributed by atoms with Gasteiger partial charge in [-0.25, -0.2) is 0 Å². The predicted octanol–water partition coefficient (Wildman–Crippen LogP) is 1.72. The Labute approximate surface area is 135 Å². The number of rotatable bonds is 6. The summed E-state index contributed by atoms with van der Waals surface area (Å²) in [5.74, 6) is 1.12. The molecule has 1 amide bonds. The first-order valence-corrected chi connectivity index (χ1v) is 8.69. The number of aromatic nitrogens is 1. The Morgan fingerprint density at radius 2 is 2.23 bits per heavy atom. The Bertz CT molecular complexity index is 505. The smallest absolute Gasteiger partial charge is 0.248 e. The number of amides is 1. The van der Waals surface area contributed by atoms with Crippen LogP contribution in [0.2, 0.25) is 0 Å². The van der Waals surface area contributed by atoms with Crippen molar-refractivity contribution in [2.45, 2.75) is 30.8 Å². The van der Waals surface area contributed by atoms with E-state index in [4.69, 9.17) is 9.47 Å². The Morgan fingerprint density at radius 1 is 1.45 bits per heavy atom. The molecule has 6 heteroatoms. The summed E-state index contributed by atoms with van der Waals surface area (Å²) < 4.78 is 11.4. The van der Waals surface area contributed by atoms with Crippen LogP contribution in [-0.2, 0) is 20.9 Å². The van der Waals surface area contributed by atoms with Crippen LogP contribution in [0.1, 0.15) is 18.9 Å². The van der Waals surface area contributed by atoms with Gasteiger partial charge in [0.2, 0.25) is 5.91 Å². The lowest BCUT2D eigenvalue weighted by Crippen LogP contribution is -2.61. The molecule has 22 heavy (non-hydrogen) atoms. The summed E-state index contributed by atoms with van der Waals surface area (Å²) in [6, 6.07) is 3.96. The van der Waals surface area contributed by atoms with E-state index in [1.54, 1.807) is 12.4 Å². The Morgan fingerprint density at radius 3 is 2.95 bits per heavy atom. The first-order chi connectivity index (χ1) is 10.7. The van der Waals surface area contributed by atoms with Crippen molar-refractivity contribution in [1.82, 2.24) is 9.88 Å². The third-order valence-electron chi connectivity index (χ3n) is 4.15. The van der Waals surface area contributed by atoms with Crippen LogP contribution in [0.4, 0.5) is 0 Å². The average Bonchev–Trinajstić information content (AvgIpc) is 2.95. The van der Waals surface area contributed by atoms with Crippen molar-refractivity contribution < 1.29 is 14.3 Å². The zero-order chi connectivity index (χ0) is 15.4. The van der Waals surface area contributed by atoms with Crippen LogP contribution < -0.4 is 0 Å². The van der Waals surface area contributed by atoms with Crippen LogP contribution in [0.25, 0.3) is 0 Å². The van der Waals surface area contributed by atoms with E-state index in [1.165, 1.54) is 0 Å². The SMILES string of the molecule is CCOCC(=O)N1CC2(CC(OCc3ccncc3)CS2)C1. The lowest BCUT2D eigenvalue weighted by molar-refractivity contribution is -0.141. The second-order valence-electron chi connectivity index (χ2n) is 5.87. The highest BCUT2D eigenvalue weighted by atomic mass is 32.2. The van der Waals surface area contributed by atoms with Crippen molar-refractivity contribution in [2.24, 2.45) is 0 Å². The summed E-state index contributed by atoms with van der Waals surface area (Å²) in [6.07, 6.45) is 4.89. The van der Waals surface area contributed by atoms with Gasteiger partial charge in [-0.3, -0.25) is 9.78 Å². The lowest BCUT2D eigenvalue weighted by Gasteiger charge is -2.47. The molecule has 0 N–H and O–H groups in total. The summed E-state index contributed by atoms with van der Waals surface area (Å²) >= 11 is 1.95. The van der Waals surface area contributed by atoms with Crippen molar-refractivity contribution in [3.05, 3.63) is 30.1 Å². The largest absolute Gasteiger partial charge is 0.373 e. The third-order valence-corrected chi connectivity index (χ3v) is 5.73. The summed E-state index contributed by atoms with van der Waals surface area (Å²) in [5.41, 5.74) is 1.16. The van der Waals surface area contributed by atoms with Crippen LogP contribution in [0.5, 0.6) is 0 Å². The van der Waals surface area contributed by atoms with Gasteiger partial charge in [0.25, 0.3) is 0 Å². The molecule has 2 fully saturated rings. The molecule has 0 bridgehead atoms. The second kappa shape index (κ2) is 6.98. The first-order valence-electron chi connectivity index (χ1n) is 7.71. The molecule has 120 valence electrons. The number of hydrogen-bond donors (Lipinski definition) is 0. The summed E-state index contributed by atoms with van der Waals surface area (Å²) in [7, 11) is 0. The van der Waals surface area contributed by atoms with Gasteiger partial charge in [0, 0.05) is 37.8 Å². The van der Waals surface area contributed by atoms with E-state index in [1.807, 2.05) is 35.7 Å². The highest BCUT2D eigenvalue weighted by molar-refractivity contribution is 8.01. The van der Waals surface area contributed by atoms with E-state index in [9.17, 15) is 4.79 Å². The molecule has 1 unspecified atom stereocenters. The van der Waals surface area contributed by atoms with Crippen molar-refractivity contribution in [3.63, 3.8) is 0 Å². The summed E-state index contributed by atoms with van der Waals surface area (Å²) in [4.78, 5) is 17.8. The molecule has 0 aromatic carbocycles. The van der Waals surface area contributed by atoms with Crippen molar-refractivity contribution in [2.75, 3.05) is 32.1 Å². The monoisotopic (exact) mass is 322 g/mol. The maximum atomic E-state index is 11.9. The molecule has 2 aliphatic rings. The maximum Gasteiger partial charge on any atom is 0.248 e. The number of pyridine rings is 1. The first kappa shape index (κ1) is 15.8. The Hall–Kier alpha value is -1.11. The van der Waals surface area contributed by atoms with Gasteiger partial charge < -0.3 is 14.4 Å². The van der Waals surface area contributed by atoms with Gasteiger partial charge in [0.05, 0.1) is 17.5 Å². The van der Waals surface area contributed by atoms with Crippen LogP contribution in [0.3, 0.4) is 0 Å². The fourth-order valence-corrected chi connectivity index (χ4v) is 4.48. The van der Waals surface area contributed by atoms with E-state index in [2.05, 4.69) is 4.98 Å². The van der Waals surface area contributed by atoms with Gasteiger partial charge in [0.1, 0.15) is 6.61 Å². The molecular formula is C16H22N2O3S. The fraction of sp³-hybridized carbons (Fsp3) is 0.625. The van der Waals surface area contributed by atoms with Crippen LogP contribution >= 0.6 is 11.8 Å². The molecule has 2 aliphatic heterocycles. The molecular weight excluding hydrogens is 300 g/mol. The highest BCUT2D eigenvalue weighted by Gasteiger charge is 2.50. The molecule has 3 heterocycles. The van der Waals surface area contributed by atoms with E-state index in [-0.39, 0.29) is 23.4 Å². The zero-order valence-electron chi connectivity index (χ0n) is 12.9. The average molecular weight is 322 g/mol. The van der Waals surface area contributed by atoms with E-state index >= 15 is 0 Å². The summed E-state index contributed by atoms with van der Waals surface area (Å²) in [5, 5.41) is 0. The lowest BCUT2D eigenvalue weighted by atomic mass is 9.93. The zero-order valence-corrected chi connectivity index (χ0v) is 13.7. The number of hydrogen-bond acceptors (Lipinski definition) is 5. The van der Waals surface area contributed by atoms with Gasteiger partial charge in [-0.1, -0.05) is 0 Å². The number of carbonyl (C=O) groups is 1. The van der Waals surface area contributed by atoms with Gasteiger partial charge in [0.15, 0.2) is 0 Å². The minimum absolute atomic E-state index is 0.106. The normalized spacial score (nSPS) is 22.8. The van der Waals surface area contributed by atoms with Crippen LogP contribution in [0.15, 0.2) is 24.5 Å². The van der Waals surface area contributed by atoms with Gasteiger partial charge in [-0.05, 0) is 31.0 Å². The van der Waals surface area contributed by atoms with Gasteiger partial charge in [-0.2, -0.15) is 0 Å². The Kier molecular flexibility index (Phi) is 5.00. The number of nitrogens with zero attached hydrogens (tertiary/aromatic N) is 2. The second-order valence-corrected chi connectivity index (χ2v) is 7.36. The molecule has 0 saturated carbocycles. The highest BCUT2D eigenvalue weighted by Crippen LogP contribution is 2.46. The van der Waals surface area contributed by atoms with E-state index in [0.717, 1.165) is 30.8 Å². The molecule has 0 radical (unpaired) electrons. The number of likely N-dealkylation sites (tertiary alicyclic amines) is 1.